The van der Waals surface area contributed by atoms with Gasteiger partial charge in [0.25, 0.3) is 0 Å². The largest absolute Gasteiger partial charge is 0.481 e. The molecule has 0 unspecified atom stereocenters. The van der Waals surface area contributed by atoms with Crippen LogP contribution in [0.4, 0.5) is 0 Å². The quantitative estimate of drug-likeness (QED) is 0.902. The third kappa shape index (κ3) is 2.42. The molecule has 94 valence electrons. The number of nitrogens with zero attached hydrogens (tertiary/aromatic N) is 2. The van der Waals surface area contributed by atoms with Gasteiger partial charge in [-0.25, -0.2) is 4.68 Å². The van der Waals surface area contributed by atoms with E-state index in [-0.39, 0.29) is 6.42 Å². The standard InChI is InChI=1S/C14H16N2O2/c1-9-4-5-13(10(2)6-9)16-11(3)7-12(15-16)8-14(17)18/h4-7H,8H2,1-3H3,(H,17,18). The molecule has 0 aliphatic rings. The van der Waals surface area contributed by atoms with Crippen LogP contribution in [0.15, 0.2) is 24.3 Å². The molecule has 4 nitrogen and oxygen atoms in total. The van der Waals surface area contributed by atoms with Crippen molar-refractivity contribution in [1.29, 1.82) is 0 Å². The summed E-state index contributed by atoms with van der Waals surface area (Å²) in [5.74, 6) is -0.861. The Morgan fingerprint density at radius 3 is 2.61 bits per heavy atom. The van der Waals surface area contributed by atoms with Crippen LogP contribution in [-0.2, 0) is 11.2 Å². The molecule has 4 heteroatoms. The molecule has 2 rings (SSSR count). The van der Waals surface area contributed by atoms with Gasteiger partial charge < -0.3 is 5.11 Å². The number of carboxylic acid groups (broad SMARTS) is 1. The van der Waals surface area contributed by atoms with Gasteiger partial charge in [-0.3, -0.25) is 4.79 Å². The molecule has 2 aromatic rings. The molecule has 1 heterocycles. The van der Waals surface area contributed by atoms with E-state index in [1.807, 2.05) is 39.0 Å². The molecular weight excluding hydrogens is 228 g/mol. The fourth-order valence-corrected chi connectivity index (χ4v) is 2.07. The first kappa shape index (κ1) is 12.4. The lowest BCUT2D eigenvalue weighted by Gasteiger charge is -2.08. The Bertz CT molecular complexity index is 600. The number of aryl methyl sites for hydroxylation is 3. The molecule has 0 atom stereocenters. The number of rotatable bonds is 3. The smallest absolute Gasteiger partial charge is 0.309 e. The van der Waals surface area contributed by atoms with E-state index >= 15 is 0 Å². The summed E-state index contributed by atoms with van der Waals surface area (Å²) in [4.78, 5) is 10.7. The summed E-state index contributed by atoms with van der Waals surface area (Å²) in [6.45, 7) is 6.00. The third-order valence-corrected chi connectivity index (χ3v) is 2.85. The summed E-state index contributed by atoms with van der Waals surface area (Å²) in [5.41, 5.74) is 4.85. The molecule has 1 aromatic heterocycles. The van der Waals surface area contributed by atoms with Crippen LogP contribution in [0.25, 0.3) is 5.69 Å². The van der Waals surface area contributed by atoms with Gasteiger partial charge in [0.15, 0.2) is 0 Å². The summed E-state index contributed by atoms with van der Waals surface area (Å²) in [6, 6.07) is 7.94. The number of carbonyl (C=O) groups is 1. The normalized spacial score (nSPS) is 10.6. The van der Waals surface area contributed by atoms with E-state index in [1.54, 1.807) is 4.68 Å². The van der Waals surface area contributed by atoms with Gasteiger partial charge in [-0.1, -0.05) is 17.7 Å². The van der Waals surface area contributed by atoms with Crippen molar-refractivity contribution in [3.05, 3.63) is 46.8 Å². The van der Waals surface area contributed by atoms with Crippen LogP contribution in [0.2, 0.25) is 0 Å². The van der Waals surface area contributed by atoms with Crippen molar-refractivity contribution in [3.63, 3.8) is 0 Å². The topological polar surface area (TPSA) is 55.1 Å². The van der Waals surface area contributed by atoms with Crippen LogP contribution in [0.1, 0.15) is 22.5 Å². The van der Waals surface area contributed by atoms with E-state index in [0.717, 1.165) is 16.9 Å². The van der Waals surface area contributed by atoms with Gasteiger partial charge in [-0.2, -0.15) is 5.10 Å². The molecular formula is C14H16N2O2. The highest BCUT2D eigenvalue weighted by Crippen LogP contribution is 2.18. The monoisotopic (exact) mass is 244 g/mol. The predicted molar refractivity (Wildman–Crippen MR) is 69.1 cm³/mol. The van der Waals surface area contributed by atoms with Crippen molar-refractivity contribution in [3.8, 4) is 5.69 Å². The average molecular weight is 244 g/mol. The number of carboxylic acids is 1. The second-order valence-corrected chi connectivity index (χ2v) is 4.55. The number of benzene rings is 1. The van der Waals surface area contributed by atoms with E-state index < -0.39 is 5.97 Å². The van der Waals surface area contributed by atoms with Crippen molar-refractivity contribution >= 4 is 5.97 Å². The molecule has 18 heavy (non-hydrogen) atoms. The lowest BCUT2D eigenvalue weighted by molar-refractivity contribution is -0.136. The first-order valence-electron chi connectivity index (χ1n) is 5.82. The number of hydrogen-bond acceptors (Lipinski definition) is 2. The highest BCUT2D eigenvalue weighted by atomic mass is 16.4. The van der Waals surface area contributed by atoms with Gasteiger partial charge in [0.2, 0.25) is 0 Å². The molecule has 0 spiro atoms. The lowest BCUT2D eigenvalue weighted by Crippen LogP contribution is -2.04. The van der Waals surface area contributed by atoms with E-state index in [1.165, 1.54) is 5.56 Å². The Hall–Kier alpha value is -2.10. The lowest BCUT2D eigenvalue weighted by atomic mass is 10.1. The van der Waals surface area contributed by atoms with Crippen LogP contribution in [0, 0.1) is 20.8 Å². The van der Waals surface area contributed by atoms with Crippen LogP contribution in [0.5, 0.6) is 0 Å². The molecule has 0 radical (unpaired) electrons. The van der Waals surface area contributed by atoms with Gasteiger partial charge >= 0.3 is 5.97 Å². The highest BCUT2D eigenvalue weighted by molar-refractivity contribution is 5.69. The van der Waals surface area contributed by atoms with Gasteiger partial charge in [0.1, 0.15) is 0 Å². The summed E-state index contributed by atoms with van der Waals surface area (Å²) in [5, 5.41) is 13.1. The summed E-state index contributed by atoms with van der Waals surface area (Å²) in [7, 11) is 0. The average Bonchev–Trinajstić information content (AvgIpc) is 2.58. The van der Waals surface area contributed by atoms with Gasteiger partial charge in [0.05, 0.1) is 17.8 Å². The Labute approximate surface area is 106 Å². The van der Waals surface area contributed by atoms with Gasteiger partial charge in [0, 0.05) is 5.69 Å². The second kappa shape index (κ2) is 4.64. The van der Waals surface area contributed by atoms with Crippen LogP contribution < -0.4 is 0 Å². The number of aromatic nitrogens is 2. The van der Waals surface area contributed by atoms with Gasteiger partial charge in [-0.15, -0.1) is 0 Å². The Balaban J connectivity index is 2.44. The maximum atomic E-state index is 10.7. The maximum Gasteiger partial charge on any atom is 0.309 e. The molecule has 1 aromatic carbocycles. The Morgan fingerprint density at radius 1 is 1.28 bits per heavy atom. The summed E-state index contributed by atoms with van der Waals surface area (Å²) >= 11 is 0. The van der Waals surface area contributed by atoms with Crippen molar-refractivity contribution < 1.29 is 9.90 Å². The highest BCUT2D eigenvalue weighted by Gasteiger charge is 2.10. The maximum absolute atomic E-state index is 10.7. The van der Waals surface area contributed by atoms with Gasteiger partial charge in [-0.05, 0) is 38.5 Å². The molecule has 0 bridgehead atoms. The SMILES string of the molecule is Cc1ccc(-n2nc(CC(=O)O)cc2C)c(C)c1. The second-order valence-electron chi connectivity index (χ2n) is 4.55. The summed E-state index contributed by atoms with van der Waals surface area (Å²) < 4.78 is 1.80. The molecule has 0 saturated carbocycles. The number of aliphatic carboxylic acids is 1. The number of hydrogen-bond donors (Lipinski definition) is 1. The minimum absolute atomic E-state index is 0.0429. The third-order valence-electron chi connectivity index (χ3n) is 2.85. The first-order chi connectivity index (χ1) is 8.47. The van der Waals surface area contributed by atoms with Crippen LogP contribution >= 0.6 is 0 Å². The minimum Gasteiger partial charge on any atom is -0.481 e. The Kier molecular flexibility index (Phi) is 3.19. The zero-order chi connectivity index (χ0) is 13.3. The van der Waals surface area contributed by atoms with Crippen molar-refractivity contribution in [2.45, 2.75) is 27.2 Å². The minimum atomic E-state index is -0.861. The molecule has 0 aliphatic carbocycles. The van der Waals surface area contributed by atoms with Crippen molar-refractivity contribution in [1.82, 2.24) is 9.78 Å². The van der Waals surface area contributed by atoms with Crippen molar-refractivity contribution in [2.75, 3.05) is 0 Å². The zero-order valence-corrected chi connectivity index (χ0v) is 10.8. The van der Waals surface area contributed by atoms with Crippen molar-refractivity contribution in [2.24, 2.45) is 0 Å². The first-order valence-corrected chi connectivity index (χ1v) is 5.82. The Morgan fingerprint density at radius 2 is 2.00 bits per heavy atom. The van der Waals surface area contributed by atoms with Crippen LogP contribution in [0.3, 0.4) is 0 Å². The zero-order valence-electron chi connectivity index (χ0n) is 10.8. The van der Waals surface area contributed by atoms with E-state index in [9.17, 15) is 4.79 Å². The molecule has 0 amide bonds. The molecule has 0 aliphatic heterocycles. The fraction of sp³-hybridized carbons (Fsp3) is 0.286. The molecule has 1 N–H and O–H groups in total. The van der Waals surface area contributed by atoms with E-state index in [2.05, 4.69) is 11.2 Å². The van der Waals surface area contributed by atoms with E-state index in [4.69, 9.17) is 5.11 Å². The fourth-order valence-electron chi connectivity index (χ4n) is 2.07. The van der Waals surface area contributed by atoms with Crippen LogP contribution in [-0.4, -0.2) is 20.9 Å². The van der Waals surface area contributed by atoms with E-state index in [0.29, 0.717) is 5.69 Å². The summed E-state index contributed by atoms with van der Waals surface area (Å²) in [6.07, 6.45) is -0.0429. The molecule has 0 saturated heterocycles. The molecule has 0 fully saturated rings. The predicted octanol–water partition coefficient (Wildman–Crippen LogP) is 2.42.